The number of hydrogen-bond donors (Lipinski definition) is 1. The molecule has 0 unspecified atom stereocenters. The lowest BCUT2D eigenvalue weighted by Crippen LogP contribution is -2.47. The molecule has 1 fully saturated rings. The summed E-state index contributed by atoms with van der Waals surface area (Å²) in [4.78, 5) is 24.0. The van der Waals surface area contributed by atoms with Gasteiger partial charge >= 0.3 is 12.1 Å². The van der Waals surface area contributed by atoms with Gasteiger partial charge in [0.15, 0.2) is 5.41 Å². The standard InChI is InChI=1S/C13H14F3NO3S/c14-13(15,16)12(11(19)20)4-5-17(8-12)10(18)2-1-9-3-6-21-7-9/h3,6-7H,1-2,4-5,8H2,(H,19,20)/t12-/m0/s1. The van der Waals surface area contributed by atoms with Crippen LogP contribution in [0, 0.1) is 5.41 Å². The van der Waals surface area contributed by atoms with Gasteiger partial charge in [-0.1, -0.05) is 0 Å². The first-order chi connectivity index (χ1) is 9.76. The molecule has 0 saturated carbocycles. The smallest absolute Gasteiger partial charge is 0.406 e. The van der Waals surface area contributed by atoms with Gasteiger partial charge < -0.3 is 10.0 Å². The first kappa shape index (κ1) is 15.8. The minimum atomic E-state index is -4.86. The highest BCUT2D eigenvalue weighted by Crippen LogP contribution is 2.45. The number of carboxylic acid groups (broad SMARTS) is 1. The molecule has 2 heterocycles. The molecular weight excluding hydrogens is 307 g/mol. The maximum absolute atomic E-state index is 13.0. The Kier molecular flexibility index (Phi) is 4.27. The van der Waals surface area contributed by atoms with Gasteiger partial charge in [-0.2, -0.15) is 24.5 Å². The van der Waals surface area contributed by atoms with Crippen molar-refractivity contribution >= 4 is 23.2 Å². The molecule has 116 valence electrons. The average Bonchev–Trinajstić information content (AvgIpc) is 3.04. The van der Waals surface area contributed by atoms with E-state index in [1.807, 2.05) is 16.8 Å². The second-order valence-corrected chi connectivity index (χ2v) is 5.86. The zero-order valence-corrected chi connectivity index (χ0v) is 11.8. The highest BCUT2D eigenvalue weighted by molar-refractivity contribution is 7.07. The van der Waals surface area contributed by atoms with E-state index in [4.69, 9.17) is 5.11 Å². The molecule has 1 amide bonds. The summed E-state index contributed by atoms with van der Waals surface area (Å²) in [6.07, 6.45) is -4.91. The van der Waals surface area contributed by atoms with E-state index in [0.29, 0.717) is 6.42 Å². The maximum atomic E-state index is 13.0. The van der Waals surface area contributed by atoms with Crippen LogP contribution in [0.15, 0.2) is 16.8 Å². The normalized spacial score (nSPS) is 22.5. The summed E-state index contributed by atoms with van der Waals surface area (Å²) in [5.74, 6) is -2.35. The van der Waals surface area contributed by atoms with Crippen LogP contribution in [0.2, 0.25) is 0 Å². The molecule has 1 aliphatic heterocycles. The van der Waals surface area contributed by atoms with E-state index < -0.39 is 36.4 Å². The largest absolute Gasteiger partial charge is 0.481 e. The minimum Gasteiger partial charge on any atom is -0.481 e. The van der Waals surface area contributed by atoms with E-state index in [1.165, 1.54) is 11.3 Å². The van der Waals surface area contributed by atoms with Gasteiger partial charge in [0.25, 0.3) is 0 Å². The van der Waals surface area contributed by atoms with E-state index in [-0.39, 0.29) is 13.0 Å². The van der Waals surface area contributed by atoms with Crippen molar-refractivity contribution in [1.29, 1.82) is 0 Å². The lowest BCUT2D eigenvalue weighted by atomic mass is 9.86. The van der Waals surface area contributed by atoms with Gasteiger partial charge in [0.2, 0.25) is 5.91 Å². The van der Waals surface area contributed by atoms with Crippen LogP contribution < -0.4 is 0 Å². The molecule has 1 aromatic rings. The van der Waals surface area contributed by atoms with Crippen molar-refractivity contribution < 1.29 is 27.9 Å². The molecule has 0 spiro atoms. The molecule has 1 atom stereocenters. The molecule has 1 aliphatic rings. The summed E-state index contributed by atoms with van der Waals surface area (Å²) in [5, 5.41) is 12.6. The third-order valence-electron chi connectivity index (χ3n) is 3.78. The van der Waals surface area contributed by atoms with E-state index in [2.05, 4.69) is 0 Å². The summed E-state index contributed by atoms with van der Waals surface area (Å²) in [6, 6.07) is 1.85. The molecule has 1 aromatic heterocycles. The van der Waals surface area contributed by atoms with Crippen LogP contribution >= 0.6 is 11.3 Å². The number of likely N-dealkylation sites (tertiary alicyclic amines) is 1. The number of aryl methyl sites for hydroxylation is 1. The first-order valence-corrected chi connectivity index (χ1v) is 7.29. The summed E-state index contributed by atoms with van der Waals surface area (Å²) < 4.78 is 39.0. The number of thiophene rings is 1. The van der Waals surface area contributed by atoms with Gasteiger partial charge in [0.1, 0.15) is 0 Å². The Balaban J connectivity index is 2.00. The fourth-order valence-corrected chi connectivity index (χ4v) is 3.10. The molecular formula is C13H14F3NO3S. The zero-order chi connectivity index (χ0) is 15.7. The van der Waals surface area contributed by atoms with Crippen LogP contribution in [0.5, 0.6) is 0 Å². The SMILES string of the molecule is O=C(CCc1ccsc1)N1CC[C@](C(=O)O)(C(F)(F)F)C1. The Morgan fingerprint density at radius 3 is 2.62 bits per heavy atom. The minimum absolute atomic E-state index is 0.0876. The second-order valence-electron chi connectivity index (χ2n) is 5.08. The third kappa shape index (κ3) is 3.04. The number of halogens is 3. The quantitative estimate of drug-likeness (QED) is 0.927. The predicted octanol–water partition coefficient (Wildman–Crippen LogP) is 2.55. The Labute approximate surface area is 123 Å². The van der Waals surface area contributed by atoms with Crippen LogP contribution in [0.4, 0.5) is 13.2 Å². The van der Waals surface area contributed by atoms with Crippen LogP contribution in [0.1, 0.15) is 18.4 Å². The van der Waals surface area contributed by atoms with E-state index in [0.717, 1.165) is 10.5 Å². The summed E-state index contributed by atoms with van der Waals surface area (Å²) in [5.41, 5.74) is -1.88. The molecule has 0 bridgehead atoms. The van der Waals surface area contributed by atoms with E-state index >= 15 is 0 Å². The van der Waals surface area contributed by atoms with Gasteiger partial charge in [-0.05, 0) is 35.2 Å². The number of carbonyl (C=O) groups excluding carboxylic acids is 1. The Hall–Kier alpha value is -1.57. The van der Waals surface area contributed by atoms with Crippen LogP contribution in [-0.2, 0) is 16.0 Å². The van der Waals surface area contributed by atoms with Gasteiger partial charge in [-0.25, -0.2) is 0 Å². The van der Waals surface area contributed by atoms with Crippen LogP contribution in [-0.4, -0.2) is 41.1 Å². The third-order valence-corrected chi connectivity index (χ3v) is 4.51. The number of carboxylic acids is 1. The average molecular weight is 321 g/mol. The van der Waals surface area contributed by atoms with Gasteiger partial charge in [-0.3, -0.25) is 9.59 Å². The molecule has 0 aromatic carbocycles. The molecule has 0 radical (unpaired) electrons. The molecule has 2 rings (SSSR count). The van der Waals surface area contributed by atoms with Crippen molar-refractivity contribution in [2.45, 2.75) is 25.4 Å². The van der Waals surface area contributed by atoms with Crippen molar-refractivity contribution in [2.75, 3.05) is 13.1 Å². The van der Waals surface area contributed by atoms with Crippen LogP contribution in [0.25, 0.3) is 0 Å². The number of nitrogens with zero attached hydrogens (tertiary/aromatic N) is 1. The topological polar surface area (TPSA) is 57.6 Å². The molecule has 4 nitrogen and oxygen atoms in total. The van der Waals surface area contributed by atoms with Crippen molar-refractivity contribution in [3.05, 3.63) is 22.4 Å². The number of rotatable bonds is 4. The summed E-state index contributed by atoms with van der Waals surface area (Å²) in [6.45, 7) is -0.970. The Bertz CT molecular complexity index is 529. The van der Waals surface area contributed by atoms with Gasteiger partial charge in [-0.15, -0.1) is 0 Å². The highest BCUT2D eigenvalue weighted by atomic mass is 32.1. The number of aliphatic carboxylic acids is 1. The highest BCUT2D eigenvalue weighted by Gasteiger charge is 2.64. The Morgan fingerprint density at radius 2 is 2.14 bits per heavy atom. The zero-order valence-electron chi connectivity index (χ0n) is 11.0. The number of hydrogen-bond acceptors (Lipinski definition) is 3. The molecule has 1 saturated heterocycles. The van der Waals surface area contributed by atoms with Crippen molar-refractivity contribution in [3.8, 4) is 0 Å². The monoisotopic (exact) mass is 321 g/mol. The van der Waals surface area contributed by atoms with Crippen LogP contribution in [0.3, 0.4) is 0 Å². The lowest BCUT2D eigenvalue weighted by molar-refractivity contribution is -0.227. The number of amides is 1. The fraction of sp³-hybridized carbons (Fsp3) is 0.538. The fourth-order valence-electron chi connectivity index (χ4n) is 2.39. The molecule has 1 N–H and O–H groups in total. The molecule has 8 heteroatoms. The van der Waals surface area contributed by atoms with Gasteiger partial charge in [0, 0.05) is 19.5 Å². The van der Waals surface area contributed by atoms with Crippen molar-refractivity contribution in [1.82, 2.24) is 4.90 Å². The van der Waals surface area contributed by atoms with E-state index in [9.17, 15) is 22.8 Å². The Morgan fingerprint density at radius 1 is 1.43 bits per heavy atom. The lowest BCUT2D eigenvalue weighted by Gasteiger charge is -2.27. The summed E-state index contributed by atoms with van der Waals surface area (Å²) >= 11 is 1.48. The number of alkyl halides is 3. The van der Waals surface area contributed by atoms with Gasteiger partial charge in [0.05, 0.1) is 0 Å². The molecule has 0 aliphatic carbocycles. The van der Waals surface area contributed by atoms with Crippen molar-refractivity contribution in [2.24, 2.45) is 5.41 Å². The number of carbonyl (C=O) groups is 2. The maximum Gasteiger partial charge on any atom is 0.406 e. The van der Waals surface area contributed by atoms with E-state index in [1.54, 1.807) is 0 Å². The second kappa shape index (κ2) is 5.67. The molecule has 21 heavy (non-hydrogen) atoms. The predicted molar refractivity (Wildman–Crippen MR) is 70.0 cm³/mol. The van der Waals surface area contributed by atoms with Crippen molar-refractivity contribution in [3.63, 3.8) is 0 Å². The first-order valence-electron chi connectivity index (χ1n) is 6.35. The summed E-state index contributed by atoms with van der Waals surface area (Å²) in [7, 11) is 0.